The van der Waals surface area contributed by atoms with E-state index in [4.69, 9.17) is 9.16 Å². The molecule has 0 bridgehead atoms. The molecule has 1 aromatic rings. The summed E-state index contributed by atoms with van der Waals surface area (Å²) in [6.07, 6.45) is 0.838. The molecule has 2 heterocycles. The molecule has 1 fully saturated rings. The second-order valence-corrected chi connectivity index (χ2v) is 12.9. The molecule has 6 nitrogen and oxygen atoms in total. The van der Waals surface area contributed by atoms with Crippen LogP contribution in [0.15, 0.2) is 18.2 Å². The third-order valence-electron chi connectivity index (χ3n) is 5.21. The van der Waals surface area contributed by atoms with Gasteiger partial charge in [0.25, 0.3) is 0 Å². The number of nitrogens with zero attached hydrogens (tertiary/aromatic N) is 2. The fourth-order valence-electron chi connectivity index (χ4n) is 2.53. The number of rotatable bonds is 6. The molecule has 7 heteroatoms. The van der Waals surface area contributed by atoms with Crippen molar-refractivity contribution in [2.45, 2.75) is 64.4 Å². The van der Waals surface area contributed by atoms with Gasteiger partial charge in [0.2, 0.25) is 5.88 Å². The third kappa shape index (κ3) is 5.18. The molecule has 0 aliphatic carbocycles. The minimum atomic E-state index is -1.82. The normalized spacial score (nSPS) is 18.4. The van der Waals surface area contributed by atoms with Crippen LogP contribution in [-0.2, 0) is 11.0 Å². The van der Waals surface area contributed by atoms with Gasteiger partial charge in [0.1, 0.15) is 6.61 Å². The smallest absolute Gasteiger partial charge is 0.407 e. The lowest BCUT2D eigenvalue weighted by Gasteiger charge is -2.36. The zero-order valence-electron chi connectivity index (χ0n) is 15.9. The quantitative estimate of drug-likeness (QED) is 0.767. The Morgan fingerprint density at radius 2 is 2.12 bits per heavy atom. The molecule has 0 spiro atoms. The number of ether oxygens (including phenoxy) is 1. The first kappa shape index (κ1) is 19.7. The molecule has 1 atom stereocenters. The van der Waals surface area contributed by atoms with Crippen molar-refractivity contribution in [1.82, 2.24) is 9.88 Å². The predicted octanol–water partition coefficient (Wildman–Crippen LogP) is 4.12. The molecule has 140 valence electrons. The van der Waals surface area contributed by atoms with Crippen molar-refractivity contribution in [1.29, 1.82) is 0 Å². The predicted molar refractivity (Wildman–Crippen MR) is 99.5 cm³/mol. The lowest BCUT2D eigenvalue weighted by Crippen LogP contribution is -2.40. The second kappa shape index (κ2) is 7.74. The van der Waals surface area contributed by atoms with Gasteiger partial charge in [-0.25, -0.2) is 9.78 Å². The molecule has 25 heavy (non-hydrogen) atoms. The van der Waals surface area contributed by atoms with Gasteiger partial charge in [0.15, 0.2) is 8.32 Å². The van der Waals surface area contributed by atoms with Crippen molar-refractivity contribution in [2.75, 3.05) is 13.2 Å². The Morgan fingerprint density at radius 1 is 1.40 bits per heavy atom. The van der Waals surface area contributed by atoms with Crippen LogP contribution in [-0.4, -0.2) is 48.6 Å². The Labute approximate surface area is 151 Å². The summed E-state index contributed by atoms with van der Waals surface area (Å²) < 4.78 is 11.9. The van der Waals surface area contributed by atoms with Crippen molar-refractivity contribution in [2.24, 2.45) is 0 Å². The molecule has 1 aliphatic rings. The monoisotopic (exact) mass is 366 g/mol. The van der Waals surface area contributed by atoms with Gasteiger partial charge >= 0.3 is 6.09 Å². The van der Waals surface area contributed by atoms with Crippen LogP contribution in [0.2, 0.25) is 18.1 Å². The highest BCUT2D eigenvalue weighted by Gasteiger charge is 2.37. The highest BCUT2D eigenvalue weighted by molar-refractivity contribution is 6.74. The summed E-state index contributed by atoms with van der Waals surface area (Å²) in [6, 6.07) is 5.54. The summed E-state index contributed by atoms with van der Waals surface area (Å²) in [5.74, 6) is 0.522. The molecule has 1 N–H and O–H groups in total. The van der Waals surface area contributed by atoms with Crippen LogP contribution in [0, 0.1) is 0 Å². The minimum Gasteiger partial charge on any atom is -0.475 e. The van der Waals surface area contributed by atoms with Crippen molar-refractivity contribution < 1.29 is 19.1 Å². The highest BCUT2D eigenvalue weighted by atomic mass is 28.4. The summed E-state index contributed by atoms with van der Waals surface area (Å²) in [6.45, 7) is 12.5. The molecule has 0 radical (unpaired) electrons. The van der Waals surface area contributed by atoms with Gasteiger partial charge in [0.05, 0.1) is 18.3 Å². The zero-order chi connectivity index (χ0) is 18.7. The van der Waals surface area contributed by atoms with Gasteiger partial charge < -0.3 is 19.2 Å². The van der Waals surface area contributed by atoms with Crippen LogP contribution in [0.5, 0.6) is 5.88 Å². The van der Waals surface area contributed by atoms with E-state index in [0.717, 1.165) is 18.5 Å². The number of aromatic nitrogens is 1. The van der Waals surface area contributed by atoms with E-state index >= 15 is 0 Å². The number of likely N-dealkylation sites (tertiary alicyclic amines) is 1. The zero-order valence-corrected chi connectivity index (χ0v) is 16.9. The number of amides is 1. The summed E-state index contributed by atoms with van der Waals surface area (Å²) in [5, 5.41) is 9.34. The van der Waals surface area contributed by atoms with E-state index in [-0.39, 0.29) is 11.1 Å². The van der Waals surface area contributed by atoms with Crippen molar-refractivity contribution in [3.05, 3.63) is 23.9 Å². The number of carbonyl (C=O) groups is 1. The van der Waals surface area contributed by atoms with E-state index in [9.17, 15) is 9.90 Å². The Balaban J connectivity index is 1.92. The van der Waals surface area contributed by atoms with E-state index in [1.165, 1.54) is 4.90 Å². The molecule has 1 amide bonds. The Hall–Kier alpha value is -1.60. The fourth-order valence-corrected chi connectivity index (χ4v) is 3.47. The summed E-state index contributed by atoms with van der Waals surface area (Å²) >= 11 is 0. The first-order valence-electron chi connectivity index (χ1n) is 8.82. The van der Waals surface area contributed by atoms with Gasteiger partial charge in [0, 0.05) is 12.6 Å². The number of hydrogen-bond donors (Lipinski definition) is 1. The van der Waals surface area contributed by atoms with Gasteiger partial charge in [-0.1, -0.05) is 26.8 Å². The van der Waals surface area contributed by atoms with E-state index in [1.54, 1.807) is 6.07 Å². The van der Waals surface area contributed by atoms with Crippen LogP contribution >= 0.6 is 0 Å². The van der Waals surface area contributed by atoms with Crippen LogP contribution < -0.4 is 4.74 Å². The first-order valence-corrected chi connectivity index (χ1v) is 11.7. The van der Waals surface area contributed by atoms with Crippen LogP contribution in [0.3, 0.4) is 0 Å². The van der Waals surface area contributed by atoms with Crippen LogP contribution in [0.25, 0.3) is 0 Å². The third-order valence-corrected chi connectivity index (χ3v) is 9.69. The van der Waals surface area contributed by atoms with Crippen molar-refractivity contribution in [3.8, 4) is 5.88 Å². The molecule has 0 unspecified atom stereocenters. The van der Waals surface area contributed by atoms with Gasteiger partial charge in [-0.05, 0) is 37.0 Å². The Morgan fingerprint density at radius 3 is 2.76 bits per heavy atom. The Kier molecular flexibility index (Phi) is 6.10. The van der Waals surface area contributed by atoms with Gasteiger partial charge in [-0.3, -0.25) is 0 Å². The maximum atomic E-state index is 11.2. The standard InChI is InChI=1S/C18H30N2O4Si/c1-18(2,3)25(4,5)24-12-14-8-6-10-16(19-14)23-13-15-9-7-11-20(15)17(21)22/h6,8,10,15H,7,9,11-13H2,1-5H3,(H,21,22)/t15-/m1/s1. The topological polar surface area (TPSA) is 71.9 Å². The lowest BCUT2D eigenvalue weighted by molar-refractivity contribution is 0.122. The maximum Gasteiger partial charge on any atom is 0.407 e. The van der Waals surface area contributed by atoms with E-state index < -0.39 is 14.4 Å². The summed E-state index contributed by atoms with van der Waals surface area (Å²) in [7, 11) is -1.82. The average Bonchev–Trinajstić information content (AvgIpc) is 2.99. The SMILES string of the molecule is CC(C)(C)[Si](C)(C)OCc1cccc(OC[C@H]2CCCN2C(=O)O)n1. The van der Waals surface area contributed by atoms with E-state index in [0.29, 0.717) is 25.6 Å². The minimum absolute atomic E-state index is 0.0913. The molecular formula is C18H30N2O4Si. The number of pyridine rings is 1. The molecule has 1 saturated heterocycles. The maximum absolute atomic E-state index is 11.2. The molecular weight excluding hydrogens is 336 g/mol. The largest absolute Gasteiger partial charge is 0.475 e. The van der Waals surface area contributed by atoms with Crippen molar-refractivity contribution >= 4 is 14.4 Å². The number of carboxylic acid groups (broad SMARTS) is 1. The highest BCUT2D eigenvalue weighted by Crippen LogP contribution is 2.37. The molecule has 0 aromatic carbocycles. The lowest BCUT2D eigenvalue weighted by atomic mass is 10.2. The van der Waals surface area contributed by atoms with Crippen molar-refractivity contribution in [3.63, 3.8) is 0 Å². The van der Waals surface area contributed by atoms with Crippen LogP contribution in [0.4, 0.5) is 4.79 Å². The first-order chi connectivity index (χ1) is 11.6. The molecule has 1 aliphatic heterocycles. The second-order valence-electron chi connectivity index (χ2n) is 8.10. The van der Waals surface area contributed by atoms with Gasteiger partial charge in [-0.2, -0.15) is 0 Å². The molecule has 1 aromatic heterocycles. The number of hydrogen-bond acceptors (Lipinski definition) is 4. The summed E-state index contributed by atoms with van der Waals surface area (Å²) in [4.78, 5) is 17.1. The van der Waals surface area contributed by atoms with E-state index in [1.807, 2.05) is 12.1 Å². The average molecular weight is 367 g/mol. The van der Waals surface area contributed by atoms with Gasteiger partial charge in [-0.15, -0.1) is 0 Å². The fraction of sp³-hybridized carbons (Fsp3) is 0.667. The van der Waals surface area contributed by atoms with E-state index in [2.05, 4.69) is 38.8 Å². The Bertz CT molecular complexity index is 601. The summed E-state index contributed by atoms with van der Waals surface area (Å²) in [5.41, 5.74) is 0.837. The van der Waals surface area contributed by atoms with Crippen LogP contribution in [0.1, 0.15) is 39.3 Å². The molecule has 0 saturated carbocycles. The molecule has 2 rings (SSSR count).